The lowest BCUT2D eigenvalue weighted by Gasteiger charge is -2.23. The zero-order chi connectivity index (χ0) is 19.4. The lowest BCUT2D eigenvalue weighted by Crippen LogP contribution is -2.27. The van der Waals surface area contributed by atoms with Crippen LogP contribution >= 0.6 is 15.9 Å². The molecule has 0 saturated carbocycles. The molecule has 1 heterocycles. The minimum Gasteiger partial charge on any atom is -0.465 e. The number of rotatable bonds is 4. The van der Waals surface area contributed by atoms with Gasteiger partial charge < -0.3 is 14.4 Å². The molecular formula is C16H12BrFN2O6. The van der Waals surface area contributed by atoms with Crippen LogP contribution in [-0.2, 0) is 19.1 Å². The highest BCUT2D eigenvalue weighted by atomic mass is 79.9. The maximum absolute atomic E-state index is 13.8. The van der Waals surface area contributed by atoms with Crippen molar-refractivity contribution >= 4 is 39.2 Å². The van der Waals surface area contributed by atoms with Crippen LogP contribution in [0.15, 0.2) is 52.3 Å². The molecule has 0 aromatic heterocycles. The minimum absolute atomic E-state index is 0.0625. The van der Waals surface area contributed by atoms with Gasteiger partial charge in [-0.25, -0.2) is 14.0 Å². The Morgan fingerprint density at radius 2 is 1.85 bits per heavy atom. The average molecular weight is 427 g/mol. The molecule has 0 spiro atoms. The molecule has 0 saturated heterocycles. The van der Waals surface area contributed by atoms with Crippen LogP contribution in [0.2, 0.25) is 0 Å². The predicted octanol–water partition coefficient (Wildman–Crippen LogP) is 2.99. The van der Waals surface area contributed by atoms with E-state index in [9.17, 15) is 24.1 Å². The molecule has 26 heavy (non-hydrogen) atoms. The van der Waals surface area contributed by atoms with E-state index in [0.717, 1.165) is 25.2 Å². The number of anilines is 1. The number of hydrogen-bond acceptors (Lipinski definition) is 7. The molecule has 136 valence electrons. The molecule has 2 rings (SSSR count). The van der Waals surface area contributed by atoms with E-state index in [-0.39, 0.29) is 21.4 Å². The quantitative estimate of drug-likeness (QED) is 0.414. The number of esters is 2. The van der Waals surface area contributed by atoms with Crippen LogP contribution in [0.4, 0.5) is 15.8 Å². The van der Waals surface area contributed by atoms with E-state index in [0.29, 0.717) is 6.07 Å². The summed E-state index contributed by atoms with van der Waals surface area (Å²) in [5.74, 6) is -2.63. The number of methoxy groups -OCH3 is 2. The SMILES string of the molecule is COC(=O)C1=C(C(=O)OC)N(c2cc(Br)c(F)cc2[N+](=O)[O-])C=CC=C1. The van der Waals surface area contributed by atoms with Crippen molar-refractivity contribution in [2.75, 3.05) is 19.1 Å². The number of nitrogens with zero attached hydrogens (tertiary/aromatic N) is 2. The first-order valence-electron chi connectivity index (χ1n) is 7.00. The second kappa shape index (κ2) is 7.91. The summed E-state index contributed by atoms with van der Waals surface area (Å²) >= 11 is 2.96. The fourth-order valence-corrected chi connectivity index (χ4v) is 2.55. The van der Waals surface area contributed by atoms with Crippen LogP contribution in [0.1, 0.15) is 0 Å². The Balaban J connectivity index is 2.81. The van der Waals surface area contributed by atoms with Crippen LogP contribution in [0, 0.1) is 15.9 Å². The Bertz CT molecular complexity index is 878. The smallest absolute Gasteiger partial charge is 0.355 e. The summed E-state index contributed by atoms with van der Waals surface area (Å²) in [7, 11) is 2.22. The largest absolute Gasteiger partial charge is 0.465 e. The molecule has 0 N–H and O–H groups in total. The highest BCUT2D eigenvalue weighted by Gasteiger charge is 2.31. The number of nitro groups is 1. The van der Waals surface area contributed by atoms with Crippen molar-refractivity contribution in [1.82, 2.24) is 0 Å². The molecule has 0 amide bonds. The van der Waals surface area contributed by atoms with Gasteiger partial charge >= 0.3 is 11.9 Å². The van der Waals surface area contributed by atoms with Crippen LogP contribution in [0.25, 0.3) is 0 Å². The van der Waals surface area contributed by atoms with Gasteiger partial charge in [0, 0.05) is 6.20 Å². The molecule has 8 nitrogen and oxygen atoms in total. The van der Waals surface area contributed by atoms with Crippen molar-refractivity contribution in [3.05, 3.63) is 68.2 Å². The Morgan fingerprint density at radius 1 is 1.19 bits per heavy atom. The highest BCUT2D eigenvalue weighted by Crippen LogP contribution is 2.37. The van der Waals surface area contributed by atoms with Gasteiger partial charge in [-0.3, -0.25) is 10.1 Å². The second-order valence-electron chi connectivity index (χ2n) is 4.83. The summed E-state index contributed by atoms with van der Waals surface area (Å²) in [6.45, 7) is 0. The van der Waals surface area contributed by atoms with Gasteiger partial charge in [0.25, 0.3) is 5.69 Å². The molecule has 1 aromatic rings. The molecule has 1 aliphatic heterocycles. The van der Waals surface area contributed by atoms with Gasteiger partial charge in [0.05, 0.1) is 35.3 Å². The number of carbonyl (C=O) groups excluding carboxylic acids is 2. The van der Waals surface area contributed by atoms with Crippen molar-refractivity contribution in [3.8, 4) is 0 Å². The van der Waals surface area contributed by atoms with Gasteiger partial charge in [0.1, 0.15) is 17.2 Å². The maximum atomic E-state index is 13.8. The highest BCUT2D eigenvalue weighted by molar-refractivity contribution is 9.10. The number of carbonyl (C=O) groups is 2. The normalized spacial score (nSPS) is 13.5. The van der Waals surface area contributed by atoms with Gasteiger partial charge in [0.15, 0.2) is 0 Å². The molecule has 0 bridgehead atoms. The number of ether oxygens (including phenoxy) is 2. The van der Waals surface area contributed by atoms with Gasteiger partial charge in [-0.1, -0.05) is 6.08 Å². The van der Waals surface area contributed by atoms with Crippen LogP contribution in [0.3, 0.4) is 0 Å². The van der Waals surface area contributed by atoms with Crippen LogP contribution in [-0.4, -0.2) is 31.1 Å². The molecular weight excluding hydrogens is 415 g/mol. The maximum Gasteiger partial charge on any atom is 0.355 e. The Kier molecular flexibility index (Phi) is 5.88. The van der Waals surface area contributed by atoms with E-state index in [1.54, 1.807) is 0 Å². The van der Waals surface area contributed by atoms with E-state index in [2.05, 4.69) is 20.7 Å². The molecule has 0 unspecified atom stereocenters. The first kappa shape index (κ1) is 19.3. The van der Waals surface area contributed by atoms with Crippen molar-refractivity contribution in [3.63, 3.8) is 0 Å². The van der Waals surface area contributed by atoms with Gasteiger partial charge in [-0.15, -0.1) is 0 Å². The first-order valence-corrected chi connectivity index (χ1v) is 7.79. The van der Waals surface area contributed by atoms with Crippen LogP contribution < -0.4 is 4.90 Å². The summed E-state index contributed by atoms with van der Waals surface area (Å²) in [4.78, 5) is 36.0. The molecule has 1 aromatic carbocycles. The summed E-state index contributed by atoms with van der Waals surface area (Å²) < 4.78 is 23.1. The number of allylic oxidation sites excluding steroid dienone is 2. The number of benzene rings is 1. The van der Waals surface area contributed by atoms with E-state index < -0.39 is 28.4 Å². The van der Waals surface area contributed by atoms with Crippen molar-refractivity contribution in [2.24, 2.45) is 0 Å². The van der Waals surface area contributed by atoms with E-state index in [4.69, 9.17) is 4.74 Å². The Morgan fingerprint density at radius 3 is 2.42 bits per heavy atom. The van der Waals surface area contributed by atoms with Crippen molar-refractivity contribution < 1.29 is 28.4 Å². The lowest BCUT2D eigenvalue weighted by atomic mass is 10.1. The third-order valence-corrected chi connectivity index (χ3v) is 3.97. The lowest BCUT2D eigenvalue weighted by molar-refractivity contribution is -0.384. The van der Waals surface area contributed by atoms with E-state index >= 15 is 0 Å². The zero-order valence-corrected chi connectivity index (χ0v) is 15.1. The first-order chi connectivity index (χ1) is 12.3. The standard InChI is InChI=1S/C16H12BrFN2O6/c1-25-15(21)9-5-3-4-6-19(14(9)16(22)26-2)12-7-10(17)11(18)8-13(12)20(23)24/h3-8H,1-2H3. The predicted molar refractivity (Wildman–Crippen MR) is 92.6 cm³/mol. The number of nitro benzene ring substituents is 1. The van der Waals surface area contributed by atoms with Gasteiger partial charge in [0.2, 0.25) is 0 Å². The molecule has 0 fully saturated rings. The molecule has 10 heteroatoms. The van der Waals surface area contributed by atoms with E-state index in [1.807, 2.05) is 0 Å². The summed E-state index contributed by atoms with van der Waals surface area (Å²) in [5.41, 5.74) is -1.25. The third kappa shape index (κ3) is 3.64. The topological polar surface area (TPSA) is 99.0 Å². The summed E-state index contributed by atoms with van der Waals surface area (Å²) in [6.07, 6.45) is 5.50. The van der Waals surface area contributed by atoms with Crippen molar-refractivity contribution in [1.29, 1.82) is 0 Å². The minimum atomic E-state index is -0.934. The molecule has 0 radical (unpaired) electrons. The van der Waals surface area contributed by atoms with Crippen molar-refractivity contribution in [2.45, 2.75) is 0 Å². The summed E-state index contributed by atoms with van der Waals surface area (Å²) in [6, 6.07) is 1.83. The number of halogens is 2. The van der Waals surface area contributed by atoms with E-state index in [1.165, 1.54) is 24.4 Å². The molecule has 1 aliphatic rings. The molecule has 0 atom stereocenters. The Labute approximate surface area is 155 Å². The number of hydrogen-bond donors (Lipinski definition) is 0. The summed E-state index contributed by atoms with van der Waals surface area (Å²) in [5, 5.41) is 11.4. The fourth-order valence-electron chi connectivity index (χ4n) is 2.22. The molecule has 0 aliphatic carbocycles. The second-order valence-corrected chi connectivity index (χ2v) is 5.68. The van der Waals surface area contributed by atoms with Crippen LogP contribution in [0.5, 0.6) is 0 Å². The Hall–Kier alpha value is -3.01. The third-order valence-electron chi connectivity index (χ3n) is 3.36. The van der Waals surface area contributed by atoms with Gasteiger partial charge in [-0.05, 0) is 34.1 Å². The fraction of sp³-hybridized carbons (Fsp3) is 0.125. The van der Waals surface area contributed by atoms with Gasteiger partial charge in [-0.2, -0.15) is 0 Å². The average Bonchev–Trinajstić information content (AvgIpc) is 2.84. The monoisotopic (exact) mass is 426 g/mol. The zero-order valence-electron chi connectivity index (χ0n) is 13.6.